The Morgan fingerprint density at radius 3 is 2.68 bits per heavy atom. The Hall–Kier alpha value is -0.710. The summed E-state index contributed by atoms with van der Waals surface area (Å²) in [6.45, 7) is 7.15. The number of hydrogen-bond acceptors (Lipinski definition) is 3. The highest BCUT2D eigenvalue weighted by atomic mass is 32.2. The summed E-state index contributed by atoms with van der Waals surface area (Å²) in [5, 5.41) is 9.06. The number of hydrogen-bond donors (Lipinski definition) is 1. The van der Waals surface area contributed by atoms with Crippen molar-refractivity contribution in [3.8, 4) is 0 Å². The van der Waals surface area contributed by atoms with Crippen LogP contribution in [0.25, 0.3) is 0 Å². The van der Waals surface area contributed by atoms with Crippen molar-refractivity contribution in [3.63, 3.8) is 0 Å². The molecule has 0 spiro atoms. The third kappa shape index (κ3) is 5.05. The van der Waals surface area contributed by atoms with Crippen molar-refractivity contribution >= 4 is 23.6 Å². The summed E-state index contributed by atoms with van der Waals surface area (Å²) < 4.78 is 0. The van der Waals surface area contributed by atoms with Crippen LogP contribution in [0.5, 0.6) is 0 Å². The molecule has 0 aromatic rings. The van der Waals surface area contributed by atoms with E-state index in [4.69, 9.17) is 5.11 Å². The normalized spacial score (nSPS) is 25.1. The fraction of sp³-hybridized carbons (Fsp3) is 0.857. The number of carboxylic acids is 1. The highest BCUT2D eigenvalue weighted by Crippen LogP contribution is 2.24. The van der Waals surface area contributed by atoms with Crippen LogP contribution in [0.1, 0.15) is 40.0 Å². The highest BCUT2D eigenvalue weighted by molar-refractivity contribution is 8.00. The number of thioether (sulfide) groups is 1. The van der Waals surface area contributed by atoms with Gasteiger partial charge in [-0.2, -0.15) is 0 Å². The van der Waals surface area contributed by atoms with Crippen molar-refractivity contribution in [2.45, 2.75) is 45.3 Å². The highest BCUT2D eigenvalue weighted by Gasteiger charge is 2.33. The maximum atomic E-state index is 12.3. The summed E-state index contributed by atoms with van der Waals surface area (Å²) >= 11 is 1.67. The lowest BCUT2D eigenvalue weighted by Gasteiger charge is -2.36. The van der Waals surface area contributed by atoms with Gasteiger partial charge in [-0.1, -0.05) is 20.3 Å². The molecule has 0 aromatic carbocycles. The number of carboxylic acid groups (broad SMARTS) is 1. The summed E-state index contributed by atoms with van der Waals surface area (Å²) in [6.07, 6.45) is 2.93. The second kappa shape index (κ2) is 7.78. The van der Waals surface area contributed by atoms with Crippen molar-refractivity contribution in [2.75, 3.05) is 18.8 Å². The van der Waals surface area contributed by atoms with Gasteiger partial charge in [0.1, 0.15) is 0 Å². The molecular weight excluding hydrogens is 262 g/mol. The van der Waals surface area contributed by atoms with E-state index in [2.05, 4.69) is 6.92 Å². The van der Waals surface area contributed by atoms with Crippen LogP contribution in [-0.2, 0) is 9.59 Å². The Labute approximate surface area is 119 Å². The number of carbonyl (C=O) groups is 2. The fourth-order valence-corrected chi connectivity index (χ4v) is 3.54. The van der Waals surface area contributed by atoms with Crippen LogP contribution in [-0.4, -0.2) is 46.0 Å². The number of aliphatic carboxylic acids is 1. The molecule has 0 radical (unpaired) electrons. The molecule has 1 amide bonds. The van der Waals surface area contributed by atoms with Gasteiger partial charge in [0.25, 0.3) is 0 Å². The van der Waals surface area contributed by atoms with Crippen LogP contribution in [0.4, 0.5) is 0 Å². The monoisotopic (exact) mass is 287 g/mol. The van der Waals surface area contributed by atoms with Crippen LogP contribution in [0, 0.1) is 11.8 Å². The van der Waals surface area contributed by atoms with E-state index in [1.54, 1.807) is 16.7 Å². The molecule has 19 heavy (non-hydrogen) atoms. The number of amides is 1. The average molecular weight is 287 g/mol. The van der Waals surface area contributed by atoms with Crippen molar-refractivity contribution in [3.05, 3.63) is 0 Å². The zero-order valence-electron chi connectivity index (χ0n) is 12.1. The zero-order valence-corrected chi connectivity index (χ0v) is 12.9. The average Bonchev–Trinajstić information content (AvgIpc) is 2.37. The van der Waals surface area contributed by atoms with Gasteiger partial charge in [-0.05, 0) is 31.4 Å². The molecule has 1 aliphatic heterocycles. The summed E-state index contributed by atoms with van der Waals surface area (Å²) in [7, 11) is 0. The molecule has 3 atom stereocenters. The molecular formula is C14H25NO3S. The summed E-state index contributed by atoms with van der Waals surface area (Å²) in [4.78, 5) is 25.2. The Morgan fingerprint density at radius 1 is 1.42 bits per heavy atom. The minimum absolute atomic E-state index is 0.0636. The Bertz CT molecular complexity index is 322. The lowest BCUT2D eigenvalue weighted by molar-refractivity contribution is -0.146. The van der Waals surface area contributed by atoms with Gasteiger partial charge in [0.2, 0.25) is 5.91 Å². The van der Waals surface area contributed by atoms with E-state index in [0.29, 0.717) is 19.5 Å². The molecule has 5 heteroatoms. The van der Waals surface area contributed by atoms with Crippen LogP contribution >= 0.6 is 11.8 Å². The predicted molar refractivity (Wildman–Crippen MR) is 78.3 cm³/mol. The quantitative estimate of drug-likeness (QED) is 0.763. The molecule has 4 nitrogen and oxygen atoms in total. The van der Waals surface area contributed by atoms with E-state index >= 15 is 0 Å². The molecule has 0 saturated carbocycles. The smallest absolute Gasteiger partial charge is 0.308 e. The first-order valence-corrected chi connectivity index (χ1v) is 8.13. The van der Waals surface area contributed by atoms with E-state index < -0.39 is 11.9 Å². The second-order valence-electron chi connectivity index (χ2n) is 5.49. The molecule has 0 bridgehead atoms. The maximum absolute atomic E-state index is 12.3. The molecule has 0 aliphatic carbocycles. The summed E-state index contributed by atoms with van der Waals surface area (Å²) in [5.41, 5.74) is 0. The van der Waals surface area contributed by atoms with Gasteiger partial charge in [-0.15, -0.1) is 11.8 Å². The summed E-state index contributed by atoms with van der Waals surface area (Å²) in [5.74, 6) is 0.177. The van der Waals surface area contributed by atoms with Crippen molar-refractivity contribution in [1.29, 1.82) is 0 Å². The van der Waals surface area contributed by atoms with Crippen molar-refractivity contribution < 1.29 is 14.7 Å². The van der Waals surface area contributed by atoms with Crippen LogP contribution < -0.4 is 0 Å². The number of rotatable bonds is 6. The number of likely N-dealkylation sites (tertiary alicyclic amines) is 1. The number of piperidine rings is 1. The largest absolute Gasteiger partial charge is 0.481 e. The van der Waals surface area contributed by atoms with E-state index in [9.17, 15) is 9.59 Å². The standard InChI is InChI=1S/C14H25NO3S/c1-4-5-6-19-11(3)13(16)15-8-10(2)7-12(9-15)14(17)18/h10-12H,4-9H2,1-3H3,(H,17,18). The second-order valence-corrected chi connectivity index (χ2v) is 6.93. The Kier molecular flexibility index (Phi) is 6.69. The van der Waals surface area contributed by atoms with E-state index in [0.717, 1.165) is 18.6 Å². The van der Waals surface area contributed by atoms with Gasteiger partial charge >= 0.3 is 5.97 Å². The SMILES string of the molecule is CCCCSC(C)C(=O)N1CC(C)CC(C(=O)O)C1. The van der Waals surface area contributed by atoms with E-state index in [1.807, 2.05) is 13.8 Å². The van der Waals surface area contributed by atoms with E-state index in [-0.39, 0.29) is 17.1 Å². The van der Waals surface area contributed by atoms with Gasteiger partial charge in [-0.3, -0.25) is 9.59 Å². The Morgan fingerprint density at radius 2 is 2.11 bits per heavy atom. The first kappa shape index (κ1) is 16.3. The van der Waals surface area contributed by atoms with Gasteiger partial charge < -0.3 is 10.0 Å². The zero-order chi connectivity index (χ0) is 14.4. The van der Waals surface area contributed by atoms with Crippen molar-refractivity contribution in [2.24, 2.45) is 11.8 Å². The minimum Gasteiger partial charge on any atom is -0.481 e. The minimum atomic E-state index is -0.782. The Balaban J connectivity index is 2.52. The molecule has 1 fully saturated rings. The van der Waals surface area contributed by atoms with Gasteiger partial charge in [0, 0.05) is 13.1 Å². The molecule has 3 unspecified atom stereocenters. The third-order valence-electron chi connectivity index (χ3n) is 3.53. The number of carbonyl (C=O) groups excluding carboxylic acids is 1. The van der Waals surface area contributed by atoms with Gasteiger partial charge in [-0.25, -0.2) is 0 Å². The van der Waals surface area contributed by atoms with Crippen molar-refractivity contribution in [1.82, 2.24) is 4.90 Å². The molecule has 1 heterocycles. The maximum Gasteiger partial charge on any atom is 0.308 e. The van der Waals surface area contributed by atoms with E-state index in [1.165, 1.54) is 0 Å². The third-order valence-corrected chi connectivity index (χ3v) is 4.76. The fourth-order valence-electron chi connectivity index (χ4n) is 2.44. The van der Waals surface area contributed by atoms with Gasteiger partial charge in [0.05, 0.1) is 11.2 Å². The summed E-state index contributed by atoms with van der Waals surface area (Å²) in [6, 6.07) is 0. The predicted octanol–water partition coefficient (Wildman–Crippen LogP) is 2.48. The lowest BCUT2D eigenvalue weighted by atomic mass is 9.90. The molecule has 1 aliphatic rings. The molecule has 110 valence electrons. The van der Waals surface area contributed by atoms with Gasteiger partial charge in [0.15, 0.2) is 0 Å². The van der Waals surface area contributed by atoms with Crippen LogP contribution in [0.15, 0.2) is 0 Å². The topological polar surface area (TPSA) is 57.6 Å². The van der Waals surface area contributed by atoms with Crippen LogP contribution in [0.3, 0.4) is 0 Å². The van der Waals surface area contributed by atoms with Crippen LogP contribution in [0.2, 0.25) is 0 Å². The first-order chi connectivity index (χ1) is 8.95. The number of unbranched alkanes of at least 4 members (excludes halogenated alkanes) is 1. The molecule has 1 rings (SSSR count). The lowest BCUT2D eigenvalue weighted by Crippen LogP contribution is -2.48. The molecule has 0 aromatic heterocycles. The molecule has 1 N–H and O–H groups in total. The first-order valence-electron chi connectivity index (χ1n) is 7.08. The number of nitrogens with zero attached hydrogens (tertiary/aromatic N) is 1. The molecule has 1 saturated heterocycles.